The lowest BCUT2D eigenvalue weighted by atomic mass is 9.79. The van der Waals surface area contributed by atoms with Crippen molar-refractivity contribution in [2.45, 2.75) is 40.1 Å². The second-order valence-corrected chi connectivity index (χ2v) is 4.81. The molecule has 0 aliphatic carbocycles. The first kappa shape index (κ1) is 11.5. The lowest BCUT2D eigenvalue weighted by Crippen LogP contribution is -2.47. The van der Waals surface area contributed by atoms with Crippen molar-refractivity contribution in [2.24, 2.45) is 17.8 Å². The van der Waals surface area contributed by atoms with E-state index in [1.54, 1.807) is 23.5 Å². The average Bonchev–Trinajstić information content (AvgIpc) is 2.76. The molecular formula is C12H20N2O2. The quantitative estimate of drug-likeness (QED) is 0.770. The normalized spacial score (nSPS) is 39.6. The third kappa shape index (κ3) is 2.07. The Kier molecular flexibility index (Phi) is 3.19. The van der Waals surface area contributed by atoms with E-state index >= 15 is 0 Å². The van der Waals surface area contributed by atoms with Crippen LogP contribution in [-0.4, -0.2) is 22.1 Å². The van der Waals surface area contributed by atoms with Crippen LogP contribution in [0.3, 0.4) is 0 Å². The van der Waals surface area contributed by atoms with Gasteiger partial charge in [0.25, 0.3) is 0 Å². The Morgan fingerprint density at radius 1 is 1.12 bits per heavy atom. The second kappa shape index (κ2) is 4.45. The molecule has 90 valence electrons. The first-order valence-electron chi connectivity index (χ1n) is 5.90. The van der Waals surface area contributed by atoms with Gasteiger partial charge >= 0.3 is 0 Å². The number of hydrogen-bond acceptors (Lipinski definition) is 3. The largest absolute Gasteiger partial charge is 0.381 e. The molecule has 0 amide bonds. The van der Waals surface area contributed by atoms with Crippen LogP contribution in [-0.2, 0) is 4.74 Å². The molecular weight excluding hydrogens is 204 g/mol. The molecule has 0 saturated carbocycles. The molecule has 2 rings (SSSR count). The zero-order valence-electron chi connectivity index (χ0n) is 10.3. The van der Waals surface area contributed by atoms with Gasteiger partial charge in [0, 0.05) is 12.1 Å². The third-order valence-corrected chi connectivity index (χ3v) is 3.88. The monoisotopic (exact) mass is 224 g/mol. The van der Waals surface area contributed by atoms with E-state index in [0.29, 0.717) is 17.8 Å². The summed E-state index contributed by atoms with van der Waals surface area (Å²) in [6.07, 6.45) is 5.17. The minimum absolute atomic E-state index is 0.185. The lowest BCUT2D eigenvalue weighted by Gasteiger charge is -2.41. The first-order valence-corrected chi connectivity index (χ1v) is 5.90. The van der Waals surface area contributed by atoms with Crippen molar-refractivity contribution in [1.82, 2.24) is 9.71 Å². The van der Waals surface area contributed by atoms with Crippen molar-refractivity contribution in [3.63, 3.8) is 0 Å². The SMILES string of the molecule is CC1C(On2ccnc2)O[C@@H](C)[C@@H](C)C1C. The molecule has 1 fully saturated rings. The number of ether oxygens (including phenoxy) is 1. The van der Waals surface area contributed by atoms with E-state index in [9.17, 15) is 0 Å². The molecule has 0 radical (unpaired) electrons. The van der Waals surface area contributed by atoms with Crippen LogP contribution < -0.4 is 4.84 Å². The molecule has 2 heterocycles. The Balaban J connectivity index is 2.04. The smallest absolute Gasteiger partial charge is 0.227 e. The van der Waals surface area contributed by atoms with Gasteiger partial charge in [-0.2, -0.15) is 4.73 Å². The zero-order valence-corrected chi connectivity index (χ0v) is 10.3. The highest BCUT2D eigenvalue weighted by Crippen LogP contribution is 2.34. The molecule has 1 aromatic heterocycles. The molecule has 1 aliphatic rings. The van der Waals surface area contributed by atoms with Crippen LogP contribution in [0.4, 0.5) is 0 Å². The molecule has 16 heavy (non-hydrogen) atoms. The highest BCUT2D eigenvalue weighted by molar-refractivity contribution is 4.81. The van der Waals surface area contributed by atoms with Crippen LogP contribution in [0.2, 0.25) is 0 Å². The van der Waals surface area contributed by atoms with E-state index in [-0.39, 0.29) is 12.4 Å². The van der Waals surface area contributed by atoms with Gasteiger partial charge in [-0.1, -0.05) is 20.8 Å². The molecule has 0 N–H and O–H groups in total. The van der Waals surface area contributed by atoms with Gasteiger partial charge < -0.3 is 9.57 Å². The highest BCUT2D eigenvalue weighted by Gasteiger charge is 2.38. The van der Waals surface area contributed by atoms with Crippen molar-refractivity contribution >= 4 is 0 Å². The maximum absolute atomic E-state index is 5.88. The van der Waals surface area contributed by atoms with Crippen LogP contribution in [0, 0.1) is 17.8 Å². The number of hydrogen-bond donors (Lipinski definition) is 0. The van der Waals surface area contributed by atoms with Crippen LogP contribution in [0.15, 0.2) is 18.7 Å². The second-order valence-electron chi connectivity index (χ2n) is 4.81. The Hall–Kier alpha value is -1.03. The number of imidazole rings is 1. The predicted molar refractivity (Wildman–Crippen MR) is 60.6 cm³/mol. The first-order chi connectivity index (χ1) is 7.59. The average molecular weight is 224 g/mol. The molecule has 0 spiro atoms. The number of nitrogens with zero attached hydrogens (tertiary/aromatic N) is 2. The minimum Gasteiger partial charge on any atom is -0.381 e. The molecule has 1 aromatic rings. The Bertz CT molecular complexity index is 326. The summed E-state index contributed by atoms with van der Waals surface area (Å²) in [4.78, 5) is 9.68. The van der Waals surface area contributed by atoms with E-state index < -0.39 is 0 Å². The molecule has 5 atom stereocenters. The van der Waals surface area contributed by atoms with Crippen LogP contribution >= 0.6 is 0 Å². The maximum Gasteiger partial charge on any atom is 0.227 e. The van der Waals surface area contributed by atoms with Crippen LogP contribution in [0.25, 0.3) is 0 Å². The van der Waals surface area contributed by atoms with Gasteiger partial charge in [0.05, 0.1) is 12.3 Å². The molecule has 3 unspecified atom stereocenters. The van der Waals surface area contributed by atoms with Gasteiger partial charge in [0.2, 0.25) is 6.29 Å². The predicted octanol–water partition coefficient (Wildman–Crippen LogP) is 1.96. The summed E-state index contributed by atoms with van der Waals surface area (Å²) in [6.45, 7) is 8.78. The van der Waals surface area contributed by atoms with Crippen LogP contribution in [0.1, 0.15) is 27.7 Å². The highest BCUT2D eigenvalue weighted by atomic mass is 16.8. The van der Waals surface area contributed by atoms with Crippen LogP contribution in [0.5, 0.6) is 0 Å². The molecule has 1 saturated heterocycles. The summed E-state index contributed by atoms with van der Waals surface area (Å²) < 4.78 is 7.49. The molecule has 1 aliphatic heterocycles. The molecule has 4 nitrogen and oxygen atoms in total. The molecule has 0 bridgehead atoms. The van der Waals surface area contributed by atoms with E-state index in [0.717, 1.165) is 0 Å². The van der Waals surface area contributed by atoms with Crippen molar-refractivity contribution in [3.8, 4) is 0 Å². The number of rotatable bonds is 2. The summed E-state index contributed by atoms with van der Waals surface area (Å²) in [5.41, 5.74) is 0. The summed E-state index contributed by atoms with van der Waals surface area (Å²) in [7, 11) is 0. The Morgan fingerprint density at radius 2 is 1.88 bits per heavy atom. The van der Waals surface area contributed by atoms with Gasteiger partial charge in [-0.3, -0.25) is 0 Å². The number of aromatic nitrogens is 2. The molecule has 4 heteroatoms. The summed E-state index contributed by atoms with van der Waals surface area (Å²) in [6, 6.07) is 0. The summed E-state index contributed by atoms with van der Waals surface area (Å²) in [5, 5.41) is 0. The van der Waals surface area contributed by atoms with Gasteiger partial charge in [0.1, 0.15) is 6.33 Å². The standard InChI is InChI=1S/C12H20N2O2/c1-8-9(2)11(4)15-12(10(8)3)16-14-6-5-13-7-14/h5-12H,1-4H3/t8?,9-,10?,11-,12?/m0/s1. The Morgan fingerprint density at radius 3 is 2.50 bits per heavy atom. The minimum atomic E-state index is -0.185. The van der Waals surface area contributed by atoms with Gasteiger partial charge in [-0.25, -0.2) is 4.98 Å². The fourth-order valence-electron chi connectivity index (χ4n) is 2.16. The van der Waals surface area contributed by atoms with E-state index in [1.165, 1.54) is 0 Å². The summed E-state index contributed by atoms with van der Waals surface area (Å²) in [5.74, 6) is 1.54. The fraction of sp³-hybridized carbons (Fsp3) is 0.750. The van der Waals surface area contributed by atoms with E-state index in [4.69, 9.17) is 9.57 Å². The van der Waals surface area contributed by atoms with Crippen molar-refractivity contribution in [1.29, 1.82) is 0 Å². The maximum atomic E-state index is 5.88. The molecule has 0 aromatic carbocycles. The van der Waals surface area contributed by atoms with Gasteiger partial charge in [-0.05, 0) is 18.8 Å². The summed E-state index contributed by atoms with van der Waals surface area (Å²) >= 11 is 0. The van der Waals surface area contributed by atoms with Crippen molar-refractivity contribution in [3.05, 3.63) is 18.7 Å². The van der Waals surface area contributed by atoms with Crippen molar-refractivity contribution in [2.75, 3.05) is 0 Å². The zero-order chi connectivity index (χ0) is 11.7. The lowest BCUT2D eigenvalue weighted by molar-refractivity contribution is -0.243. The van der Waals surface area contributed by atoms with Gasteiger partial charge in [-0.15, -0.1) is 0 Å². The van der Waals surface area contributed by atoms with E-state index in [1.807, 2.05) is 0 Å². The topological polar surface area (TPSA) is 36.3 Å². The Labute approximate surface area is 96.5 Å². The van der Waals surface area contributed by atoms with Crippen molar-refractivity contribution < 1.29 is 9.57 Å². The van der Waals surface area contributed by atoms with E-state index in [2.05, 4.69) is 32.7 Å². The third-order valence-electron chi connectivity index (χ3n) is 3.88. The van der Waals surface area contributed by atoms with Gasteiger partial charge in [0.15, 0.2) is 0 Å². The fourth-order valence-corrected chi connectivity index (χ4v) is 2.16.